The second-order valence-corrected chi connectivity index (χ2v) is 5.84. The molecule has 2 aliphatic rings. The van der Waals surface area contributed by atoms with E-state index >= 15 is 0 Å². The standard InChI is InChI=1S/C14H28N2/c1-3-14(8-6-9-14)12-16-10-5-7-13(11-16)15-4-2/h13,15H,3-12H2,1-2H3. The average Bonchev–Trinajstić information content (AvgIpc) is 2.25. The number of likely N-dealkylation sites (tertiary alicyclic amines) is 1. The Labute approximate surface area is 101 Å². The van der Waals surface area contributed by atoms with Gasteiger partial charge in [-0.3, -0.25) is 0 Å². The molecule has 1 heterocycles. The Morgan fingerprint density at radius 1 is 1.25 bits per heavy atom. The first-order chi connectivity index (χ1) is 7.78. The van der Waals surface area contributed by atoms with Crippen molar-refractivity contribution in [1.82, 2.24) is 10.2 Å². The van der Waals surface area contributed by atoms with Crippen molar-refractivity contribution in [3.63, 3.8) is 0 Å². The second-order valence-electron chi connectivity index (χ2n) is 5.84. The first kappa shape index (κ1) is 12.4. The van der Waals surface area contributed by atoms with Crippen LogP contribution in [-0.2, 0) is 0 Å². The quantitative estimate of drug-likeness (QED) is 0.772. The average molecular weight is 224 g/mol. The molecule has 0 aromatic rings. The van der Waals surface area contributed by atoms with Crippen molar-refractivity contribution >= 4 is 0 Å². The van der Waals surface area contributed by atoms with E-state index in [0.29, 0.717) is 5.41 Å². The lowest BCUT2D eigenvalue weighted by Gasteiger charge is -2.46. The zero-order valence-electron chi connectivity index (χ0n) is 11.1. The van der Waals surface area contributed by atoms with Crippen molar-refractivity contribution in [2.75, 3.05) is 26.2 Å². The van der Waals surface area contributed by atoms with Crippen molar-refractivity contribution in [2.45, 2.75) is 58.4 Å². The summed E-state index contributed by atoms with van der Waals surface area (Å²) in [6.07, 6.45) is 8.58. The van der Waals surface area contributed by atoms with Crippen molar-refractivity contribution < 1.29 is 0 Å². The highest BCUT2D eigenvalue weighted by Gasteiger charge is 2.37. The van der Waals surface area contributed by atoms with Crippen LogP contribution in [0, 0.1) is 5.41 Å². The number of nitrogens with zero attached hydrogens (tertiary/aromatic N) is 1. The maximum Gasteiger partial charge on any atom is 0.0195 e. The van der Waals surface area contributed by atoms with Crippen LogP contribution < -0.4 is 5.32 Å². The molecule has 2 nitrogen and oxygen atoms in total. The van der Waals surface area contributed by atoms with Gasteiger partial charge in [0.05, 0.1) is 0 Å². The van der Waals surface area contributed by atoms with Crippen molar-refractivity contribution in [3.05, 3.63) is 0 Å². The Hall–Kier alpha value is -0.0800. The molecule has 1 aliphatic heterocycles. The van der Waals surface area contributed by atoms with Gasteiger partial charge in [0.2, 0.25) is 0 Å². The Bertz CT molecular complexity index is 203. The van der Waals surface area contributed by atoms with Crippen LogP contribution in [0.4, 0.5) is 0 Å². The van der Waals surface area contributed by atoms with Crippen molar-refractivity contribution in [2.24, 2.45) is 5.41 Å². The fraction of sp³-hybridized carbons (Fsp3) is 1.00. The van der Waals surface area contributed by atoms with Gasteiger partial charge in [-0.15, -0.1) is 0 Å². The van der Waals surface area contributed by atoms with Crippen LogP contribution in [0.5, 0.6) is 0 Å². The van der Waals surface area contributed by atoms with Gasteiger partial charge in [-0.25, -0.2) is 0 Å². The highest BCUT2D eigenvalue weighted by Crippen LogP contribution is 2.44. The highest BCUT2D eigenvalue weighted by molar-refractivity contribution is 4.91. The molecule has 0 amide bonds. The summed E-state index contributed by atoms with van der Waals surface area (Å²) in [7, 11) is 0. The Morgan fingerprint density at radius 3 is 2.62 bits per heavy atom. The fourth-order valence-corrected chi connectivity index (χ4v) is 3.43. The molecule has 0 spiro atoms. The van der Waals surface area contributed by atoms with E-state index in [-0.39, 0.29) is 0 Å². The number of nitrogens with one attached hydrogen (secondary N) is 1. The summed E-state index contributed by atoms with van der Waals surface area (Å²) >= 11 is 0. The third kappa shape index (κ3) is 2.78. The third-order valence-corrected chi connectivity index (χ3v) is 4.72. The number of hydrogen-bond donors (Lipinski definition) is 1. The van der Waals surface area contributed by atoms with Gasteiger partial charge in [-0.1, -0.05) is 20.3 Å². The molecular weight excluding hydrogens is 196 g/mol. The van der Waals surface area contributed by atoms with Gasteiger partial charge in [-0.05, 0) is 50.6 Å². The molecule has 0 aromatic carbocycles. The Balaban J connectivity index is 1.80. The molecule has 1 atom stereocenters. The lowest BCUT2D eigenvalue weighted by molar-refractivity contribution is 0.0464. The number of piperidine rings is 1. The Kier molecular flexibility index (Phi) is 4.26. The van der Waals surface area contributed by atoms with Crippen LogP contribution in [0.3, 0.4) is 0 Å². The molecule has 16 heavy (non-hydrogen) atoms. The number of hydrogen-bond acceptors (Lipinski definition) is 2. The van der Waals surface area contributed by atoms with E-state index in [4.69, 9.17) is 0 Å². The summed E-state index contributed by atoms with van der Waals surface area (Å²) in [6.45, 7) is 9.71. The van der Waals surface area contributed by atoms with E-state index in [1.165, 1.54) is 58.2 Å². The Morgan fingerprint density at radius 2 is 2.06 bits per heavy atom. The first-order valence-corrected chi connectivity index (χ1v) is 7.24. The smallest absolute Gasteiger partial charge is 0.0195 e. The lowest BCUT2D eigenvalue weighted by Crippen LogP contribution is -2.50. The summed E-state index contributed by atoms with van der Waals surface area (Å²) < 4.78 is 0. The number of rotatable bonds is 5. The largest absolute Gasteiger partial charge is 0.313 e. The molecule has 2 heteroatoms. The topological polar surface area (TPSA) is 15.3 Å². The van der Waals surface area contributed by atoms with Crippen LogP contribution in [0.2, 0.25) is 0 Å². The van der Waals surface area contributed by atoms with Gasteiger partial charge in [-0.2, -0.15) is 0 Å². The lowest BCUT2D eigenvalue weighted by atomic mass is 9.66. The van der Waals surface area contributed by atoms with Crippen molar-refractivity contribution in [3.8, 4) is 0 Å². The molecule has 2 fully saturated rings. The van der Waals surface area contributed by atoms with Gasteiger partial charge in [0.15, 0.2) is 0 Å². The van der Waals surface area contributed by atoms with E-state index in [1.807, 2.05) is 0 Å². The van der Waals surface area contributed by atoms with Crippen LogP contribution in [-0.4, -0.2) is 37.1 Å². The fourth-order valence-electron chi connectivity index (χ4n) is 3.43. The van der Waals surface area contributed by atoms with Gasteiger partial charge in [0.1, 0.15) is 0 Å². The minimum Gasteiger partial charge on any atom is -0.313 e. The maximum atomic E-state index is 3.61. The molecule has 0 bridgehead atoms. The van der Waals surface area contributed by atoms with Gasteiger partial charge < -0.3 is 10.2 Å². The molecule has 94 valence electrons. The molecule has 1 unspecified atom stereocenters. The van der Waals surface area contributed by atoms with Crippen LogP contribution in [0.1, 0.15) is 52.4 Å². The number of likely N-dealkylation sites (N-methyl/N-ethyl adjacent to an activating group) is 1. The van der Waals surface area contributed by atoms with Crippen LogP contribution in [0.15, 0.2) is 0 Å². The minimum absolute atomic E-state index is 0.702. The molecule has 0 aromatic heterocycles. The van der Waals surface area contributed by atoms with E-state index in [9.17, 15) is 0 Å². The summed E-state index contributed by atoms with van der Waals surface area (Å²) in [5, 5.41) is 3.61. The predicted molar refractivity (Wildman–Crippen MR) is 69.7 cm³/mol. The molecule has 2 rings (SSSR count). The maximum absolute atomic E-state index is 3.61. The molecule has 1 aliphatic carbocycles. The summed E-state index contributed by atoms with van der Waals surface area (Å²) in [5.41, 5.74) is 0.702. The van der Waals surface area contributed by atoms with Crippen LogP contribution in [0.25, 0.3) is 0 Å². The molecule has 1 saturated heterocycles. The van der Waals surface area contributed by atoms with Gasteiger partial charge in [0, 0.05) is 19.1 Å². The molecular formula is C14H28N2. The first-order valence-electron chi connectivity index (χ1n) is 7.24. The minimum atomic E-state index is 0.702. The van der Waals surface area contributed by atoms with E-state index in [1.54, 1.807) is 0 Å². The second kappa shape index (κ2) is 5.50. The van der Waals surface area contributed by atoms with Crippen molar-refractivity contribution in [1.29, 1.82) is 0 Å². The molecule has 0 radical (unpaired) electrons. The normalized spacial score (nSPS) is 30.0. The SMILES string of the molecule is CCNC1CCCN(CC2(CC)CCC2)C1. The van der Waals surface area contributed by atoms with E-state index in [2.05, 4.69) is 24.1 Å². The zero-order valence-corrected chi connectivity index (χ0v) is 11.1. The molecule has 1 saturated carbocycles. The van der Waals surface area contributed by atoms with E-state index < -0.39 is 0 Å². The summed E-state index contributed by atoms with van der Waals surface area (Å²) in [4.78, 5) is 2.72. The summed E-state index contributed by atoms with van der Waals surface area (Å²) in [6, 6.07) is 0.757. The predicted octanol–water partition coefficient (Wildman–Crippen LogP) is 2.64. The highest BCUT2D eigenvalue weighted by atomic mass is 15.2. The summed E-state index contributed by atoms with van der Waals surface area (Å²) in [5.74, 6) is 0. The zero-order chi connectivity index (χ0) is 11.4. The van der Waals surface area contributed by atoms with Gasteiger partial charge in [0.25, 0.3) is 0 Å². The third-order valence-electron chi connectivity index (χ3n) is 4.72. The molecule has 1 N–H and O–H groups in total. The monoisotopic (exact) mass is 224 g/mol. The van der Waals surface area contributed by atoms with Crippen LogP contribution >= 0.6 is 0 Å². The van der Waals surface area contributed by atoms with E-state index in [0.717, 1.165) is 12.6 Å². The van der Waals surface area contributed by atoms with Gasteiger partial charge >= 0.3 is 0 Å².